The van der Waals surface area contributed by atoms with Crippen molar-refractivity contribution in [1.29, 1.82) is 0 Å². The molecule has 1 aliphatic rings. The fourth-order valence-corrected chi connectivity index (χ4v) is 2.77. The van der Waals surface area contributed by atoms with Crippen LogP contribution < -0.4 is 11.1 Å². The third kappa shape index (κ3) is 4.81. The number of rotatable bonds is 5. The van der Waals surface area contributed by atoms with Crippen molar-refractivity contribution in [2.24, 2.45) is 11.1 Å². The minimum atomic E-state index is 0.204. The molecule has 0 saturated heterocycles. The highest BCUT2D eigenvalue weighted by molar-refractivity contribution is 4.94. The molecule has 2 nitrogen and oxygen atoms in total. The van der Waals surface area contributed by atoms with Gasteiger partial charge in [-0.2, -0.15) is 0 Å². The predicted octanol–water partition coefficient (Wildman–Crippen LogP) is 3.23. The Morgan fingerprint density at radius 2 is 1.94 bits per heavy atom. The lowest BCUT2D eigenvalue weighted by Gasteiger charge is -2.33. The first kappa shape index (κ1) is 14.7. The molecule has 0 aromatic rings. The molecule has 0 aromatic heterocycles. The Kier molecular flexibility index (Phi) is 5.68. The highest BCUT2D eigenvalue weighted by atomic mass is 15.0. The van der Waals surface area contributed by atoms with Crippen LogP contribution >= 0.6 is 0 Å². The van der Waals surface area contributed by atoms with Crippen molar-refractivity contribution in [3.8, 4) is 0 Å². The number of hydrogen-bond donors (Lipinski definition) is 2. The SMILES string of the molecule is C/C=C/CCNC1(CN)CCCC(C)(C)CC1. The van der Waals surface area contributed by atoms with Gasteiger partial charge in [0.25, 0.3) is 0 Å². The molecule has 1 fully saturated rings. The van der Waals surface area contributed by atoms with Crippen LogP contribution in [0.2, 0.25) is 0 Å². The maximum atomic E-state index is 6.03. The first-order chi connectivity index (χ1) is 8.04. The average Bonchev–Trinajstić information content (AvgIpc) is 2.45. The highest BCUT2D eigenvalue weighted by Crippen LogP contribution is 2.37. The van der Waals surface area contributed by atoms with E-state index in [0.717, 1.165) is 19.5 Å². The molecule has 0 heterocycles. The molecule has 3 N–H and O–H groups in total. The maximum Gasteiger partial charge on any atom is 0.0304 e. The first-order valence-corrected chi connectivity index (χ1v) is 7.10. The number of nitrogens with one attached hydrogen (secondary N) is 1. The summed E-state index contributed by atoms with van der Waals surface area (Å²) in [6.45, 7) is 8.69. The molecule has 100 valence electrons. The van der Waals surface area contributed by atoms with Gasteiger partial charge in [-0.25, -0.2) is 0 Å². The molecule has 0 amide bonds. The van der Waals surface area contributed by atoms with Gasteiger partial charge in [0.05, 0.1) is 0 Å². The van der Waals surface area contributed by atoms with E-state index in [2.05, 4.69) is 38.2 Å². The Labute approximate surface area is 107 Å². The summed E-state index contributed by atoms with van der Waals surface area (Å²) < 4.78 is 0. The average molecular weight is 238 g/mol. The molecule has 1 aliphatic carbocycles. The Morgan fingerprint density at radius 3 is 2.59 bits per heavy atom. The molecule has 1 atom stereocenters. The van der Waals surface area contributed by atoms with E-state index in [1.807, 2.05) is 0 Å². The second kappa shape index (κ2) is 6.55. The van der Waals surface area contributed by atoms with Crippen LogP contribution in [-0.2, 0) is 0 Å². The molecular formula is C15H30N2. The second-order valence-corrected chi connectivity index (χ2v) is 6.29. The van der Waals surface area contributed by atoms with Gasteiger partial charge < -0.3 is 11.1 Å². The van der Waals surface area contributed by atoms with Gasteiger partial charge in [0.1, 0.15) is 0 Å². The van der Waals surface area contributed by atoms with Crippen LogP contribution in [0.15, 0.2) is 12.2 Å². The van der Waals surface area contributed by atoms with E-state index in [4.69, 9.17) is 5.73 Å². The summed E-state index contributed by atoms with van der Waals surface area (Å²) in [5, 5.41) is 3.72. The van der Waals surface area contributed by atoms with Gasteiger partial charge in [0, 0.05) is 12.1 Å². The van der Waals surface area contributed by atoms with Crippen LogP contribution in [0.5, 0.6) is 0 Å². The fourth-order valence-electron chi connectivity index (χ4n) is 2.77. The second-order valence-electron chi connectivity index (χ2n) is 6.29. The third-order valence-electron chi connectivity index (χ3n) is 4.23. The van der Waals surface area contributed by atoms with Crippen molar-refractivity contribution < 1.29 is 0 Å². The van der Waals surface area contributed by atoms with E-state index in [9.17, 15) is 0 Å². The van der Waals surface area contributed by atoms with E-state index in [0.29, 0.717) is 5.41 Å². The summed E-state index contributed by atoms with van der Waals surface area (Å²) in [7, 11) is 0. The molecular weight excluding hydrogens is 208 g/mol. The van der Waals surface area contributed by atoms with Gasteiger partial charge >= 0.3 is 0 Å². The zero-order valence-corrected chi connectivity index (χ0v) is 11.9. The fraction of sp³-hybridized carbons (Fsp3) is 0.867. The van der Waals surface area contributed by atoms with Gasteiger partial charge in [0.15, 0.2) is 0 Å². The van der Waals surface area contributed by atoms with E-state index in [1.165, 1.54) is 32.1 Å². The molecule has 2 heteroatoms. The molecule has 1 saturated carbocycles. The van der Waals surface area contributed by atoms with Gasteiger partial charge in [0.2, 0.25) is 0 Å². The largest absolute Gasteiger partial charge is 0.329 e. The Bertz CT molecular complexity index is 245. The lowest BCUT2D eigenvalue weighted by molar-refractivity contribution is 0.268. The summed E-state index contributed by atoms with van der Waals surface area (Å²) in [6, 6.07) is 0. The van der Waals surface area contributed by atoms with Crippen molar-refractivity contribution >= 4 is 0 Å². The third-order valence-corrected chi connectivity index (χ3v) is 4.23. The van der Waals surface area contributed by atoms with Crippen LogP contribution in [0.1, 0.15) is 59.3 Å². The zero-order valence-electron chi connectivity index (χ0n) is 11.9. The summed E-state index contributed by atoms with van der Waals surface area (Å²) in [4.78, 5) is 0. The quantitative estimate of drug-likeness (QED) is 0.438. The van der Waals surface area contributed by atoms with Crippen molar-refractivity contribution in [2.75, 3.05) is 13.1 Å². The molecule has 17 heavy (non-hydrogen) atoms. The summed E-state index contributed by atoms with van der Waals surface area (Å²) in [5.74, 6) is 0. The standard InChI is InChI=1S/C15H30N2/c1-4-5-6-12-17-15(13-16)9-7-8-14(2,3)10-11-15/h4-5,17H,6-13,16H2,1-3H3/b5-4+. The van der Waals surface area contributed by atoms with E-state index in [-0.39, 0.29) is 5.54 Å². The van der Waals surface area contributed by atoms with Crippen LogP contribution in [0, 0.1) is 5.41 Å². The minimum absolute atomic E-state index is 0.204. The van der Waals surface area contributed by atoms with Crippen LogP contribution in [0.4, 0.5) is 0 Å². The lowest BCUT2D eigenvalue weighted by Crippen LogP contribution is -2.51. The molecule has 0 aromatic carbocycles. The van der Waals surface area contributed by atoms with Crippen molar-refractivity contribution in [2.45, 2.75) is 64.8 Å². The monoisotopic (exact) mass is 238 g/mol. The van der Waals surface area contributed by atoms with Gasteiger partial charge in [-0.3, -0.25) is 0 Å². The lowest BCUT2D eigenvalue weighted by atomic mass is 9.83. The van der Waals surface area contributed by atoms with Crippen molar-refractivity contribution in [3.05, 3.63) is 12.2 Å². The number of nitrogens with two attached hydrogens (primary N) is 1. The first-order valence-electron chi connectivity index (χ1n) is 7.10. The summed E-state index contributed by atoms with van der Waals surface area (Å²) >= 11 is 0. The molecule has 0 spiro atoms. The Morgan fingerprint density at radius 1 is 1.18 bits per heavy atom. The minimum Gasteiger partial charge on any atom is -0.329 e. The van der Waals surface area contributed by atoms with Crippen molar-refractivity contribution in [3.63, 3.8) is 0 Å². The van der Waals surface area contributed by atoms with Crippen LogP contribution in [-0.4, -0.2) is 18.6 Å². The van der Waals surface area contributed by atoms with Crippen molar-refractivity contribution in [1.82, 2.24) is 5.32 Å². The molecule has 1 rings (SSSR count). The van der Waals surface area contributed by atoms with Gasteiger partial charge in [-0.1, -0.05) is 32.4 Å². The Hall–Kier alpha value is -0.340. The highest BCUT2D eigenvalue weighted by Gasteiger charge is 2.33. The van der Waals surface area contributed by atoms with Gasteiger partial charge in [-0.15, -0.1) is 0 Å². The zero-order chi connectivity index (χ0) is 12.8. The van der Waals surface area contributed by atoms with Crippen LogP contribution in [0.25, 0.3) is 0 Å². The Balaban J connectivity index is 2.49. The predicted molar refractivity (Wildman–Crippen MR) is 76.1 cm³/mol. The van der Waals surface area contributed by atoms with E-state index < -0.39 is 0 Å². The summed E-state index contributed by atoms with van der Waals surface area (Å²) in [6.07, 6.45) is 11.9. The normalized spacial score (nSPS) is 29.4. The summed E-state index contributed by atoms with van der Waals surface area (Å²) in [5.41, 5.74) is 6.74. The topological polar surface area (TPSA) is 38.0 Å². The number of hydrogen-bond acceptors (Lipinski definition) is 2. The molecule has 0 bridgehead atoms. The molecule has 0 radical (unpaired) electrons. The van der Waals surface area contributed by atoms with Gasteiger partial charge in [-0.05, 0) is 51.0 Å². The maximum absolute atomic E-state index is 6.03. The van der Waals surface area contributed by atoms with E-state index in [1.54, 1.807) is 0 Å². The molecule has 1 unspecified atom stereocenters. The smallest absolute Gasteiger partial charge is 0.0304 e. The number of allylic oxidation sites excluding steroid dienone is 1. The molecule has 0 aliphatic heterocycles. The van der Waals surface area contributed by atoms with E-state index >= 15 is 0 Å². The van der Waals surface area contributed by atoms with Crippen LogP contribution in [0.3, 0.4) is 0 Å².